The molecule has 1 aromatic heterocycles. The molecule has 72 valence electrons. The van der Waals surface area contributed by atoms with E-state index in [4.69, 9.17) is 11.6 Å². The van der Waals surface area contributed by atoms with Crippen molar-refractivity contribution in [3.8, 4) is 0 Å². The molecule has 2 rings (SSSR count). The number of nitrogens with zero attached hydrogens (tertiary/aromatic N) is 1. The van der Waals surface area contributed by atoms with Crippen molar-refractivity contribution in [3.05, 3.63) is 41.4 Å². The van der Waals surface area contributed by atoms with E-state index in [9.17, 15) is 0 Å². The van der Waals surface area contributed by atoms with Crippen LogP contribution < -0.4 is 5.32 Å². The average molecular weight is 225 g/mol. The number of anilines is 2. The number of rotatable bonds is 3. The van der Waals surface area contributed by atoms with Crippen molar-refractivity contribution < 1.29 is 0 Å². The standard InChI is InChI=1S/C10H9ClN2S/c11-6-9-7-14-10(13-9)12-8-4-2-1-3-5-8/h1-5,7H,6H2,(H,12,13). The van der Waals surface area contributed by atoms with E-state index < -0.39 is 0 Å². The van der Waals surface area contributed by atoms with Gasteiger partial charge in [-0.15, -0.1) is 22.9 Å². The molecule has 0 bridgehead atoms. The normalized spacial score (nSPS) is 10.1. The Bertz CT molecular complexity index is 400. The third kappa shape index (κ3) is 2.25. The minimum absolute atomic E-state index is 0.465. The van der Waals surface area contributed by atoms with Crippen molar-refractivity contribution in [2.45, 2.75) is 5.88 Å². The molecule has 0 amide bonds. The van der Waals surface area contributed by atoms with Crippen LogP contribution in [0.25, 0.3) is 0 Å². The molecule has 0 fully saturated rings. The first-order valence-electron chi connectivity index (χ1n) is 4.21. The molecule has 2 aromatic rings. The van der Waals surface area contributed by atoms with E-state index in [0.717, 1.165) is 16.5 Å². The van der Waals surface area contributed by atoms with Gasteiger partial charge in [0.15, 0.2) is 5.13 Å². The molecule has 4 heteroatoms. The van der Waals surface area contributed by atoms with Gasteiger partial charge >= 0.3 is 0 Å². The Hall–Kier alpha value is -1.06. The fraction of sp³-hybridized carbons (Fsp3) is 0.100. The van der Waals surface area contributed by atoms with Crippen LogP contribution in [0.1, 0.15) is 5.69 Å². The highest BCUT2D eigenvalue weighted by Gasteiger charge is 2.00. The zero-order chi connectivity index (χ0) is 9.80. The molecule has 0 saturated carbocycles. The lowest BCUT2D eigenvalue weighted by molar-refractivity contribution is 1.22. The van der Waals surface area contributed by atoms with Crippen molar-refractivity contribution in [1.82, 2.24) is 4.98 Å². The maximum Gasteiger partial charge on any atom is 0.187 e. The van der Waals surface area contributed by atoms with Crippen LogP contribution >= 0.6 is 22.9 Å². The van der Waals surface area contributed by atoms with Crippen molar-refractivity contribution in [1.29, 1.82) is 0 Å². The molecule has 2 nitrogen and oxygen atoms in total. The van der Waals surface area contributed by atoms with Crippen molar-refractivity contribution >= 4 is 33.8 Å². The van der Waals surface area contributed by atoms with Gasteiger partial charge in [0.2, 0.25) is 0 Å². The highest BCUT2D eigenvalue weighted by molar-refractivity contribution is 7.13. The first-order valence-corrected chi connectivity index (χ1v) is 5.62. The molecule has 0 radical (unpaired) electrons. The SMILES string of the molecule is ClCc1csc(Nc2ccccc2)n1. The van der Waals surface area contributed by atoms with Crippen LogP contribution in [-0.2, 0) is 5.88 Å². The van der Waals surface area contributed by atoms with E-state index in [-0.39, 0.29) is 0 Å². The number of benzene rings is 1. The summed E-state index contributed by atoms with van der Waals surface area (Å²) in [4.78, 5) is 4.30. The fourth-order valence-electron chi connectivity index (χ4n) is 1.07. The van der Waals surface area contributed by atoms with Gasteiger partial charge in [-0.1, -0.05) is 18.2 Å². The molecule has 0 unspecified atom stereocenters. The van der Waals surface area contributed by atoms with Crippen molar-refractivity contribution in [2.24, 2.45) is 0 Å². The second-order valence-electron chi connectivity index (χ2n) is 2.77. The van der Waals surface area contributed by atoms with E-state index in [0.29, 0.717) is 5.88 Å². The Morgan fingerprint density at radius 3 is 2.71 bits per heavy atom. The van der Waals surface area contributed by atoms with Crippen LogP contribution in [0.2, 0.25) is 0 Å². The number of hydrogen-bond acceptors (Lipinski definition) is 3. The van der Waals surface area contributed by atoms with Crippen LogP contribution in [0, 0.1) is 0 Å². The summed E-state index contributed by atoms with van der Waals surface area (Å²) >= 11 is 7.22. The summed E-state index contributed by atoms with van der Waals surface area (Å²) in [6.07, 6.45) is 0. The largest absolute Gasteiger partial charge is 0.332 e. The molecule has 1 heterocycles. The fourth-order valence-corrected chi connectivity index (χ4v) is 2.03. The van der Waals surface area contributed by atoms with Crippen LogP contribution in [0.5, 0.6) is 0 Å². The van der Waals surface area contributed by atoms with Crippen LogP contribution in [0.4, 0.5) is 10.8 Å². The summed E-state index contributed by atoms with van der Waals surface area (Å²) in [5.41, 5.74) is 1.96. The van der Waals surface area contributed by atoms with Gasteiger partial charge in [-0.05, 0) is 12.1 Å². The third-order valence-corrected chi connectivity index (χ3v) is 2.79. The van der Waals surface area contributed by atoms with E-state index >= 15 is 0 Å². The summed E-state index contributed by atoms with van der Waals surface area (Å²) in [5.74, 6) is 0.465. The van der Waals surface area contributed by atoms with E-state index in [1.165, 1.54) is 0 Å². The Kier molecular flexibility index (Phi) is 3.01. The Morgan fingerprint density at radius 1 is 1.29 bits per heavy atom. The lowest BCUT2D eigenvalue weighted by Crippen LogP contribution is -1.88. The minimum Gasteiger partial charge on any atom is -0.332 e. The molecule has 1 N–H and O–H groups in total. The second-order valence-corrected chi connectivity index (χ2v) is 3.89. The number of aromatic nitrogens is 1. The van der Waals surface area contributed by atoms with E-state index in [2.05, 4.69) is 10.3 Å². The van der Waals surface area contributed by atoms with Gasteiger partial charge in [0.05, 0.1) is 11.6 Å². The molecule has 0 atom stereocenters. The van der Waals surface area contributed by atoms with Gasteiger partial charge in [0.25, 0.3) is 0 Å². The lowest BCUT2D eigenvalue weighted by atomic mass is 10.3. The van der Waals surface area contributed by atoms with Gasteiger partial charge < -0.3 is 5.32 Å². The quantitative estimate of drug-likeness (QED) is 0.806. The maximum atomic E-state index is 5.66. The number of alkyl halides is 1. The third-order valence-electron chi connectivity index (χ3n) is 1.71. The molecule has 0 saturated heterocycles. The van der Waals surface area contributed by atoms with Crippen molar-refractivity contribution in [3.63, 3.8) is 0 Å². The highest BCUT2D eigenvalue weighted by atomic mass is 35.5. The molecule has 0 aliphatic carbocycles. The number of nitrogens with one attached hydrogen (secondary N) is 1. The van der Waals surface area contributed by atoms with E-state index in [1.54, 1.807) is 11.3 Å². The van der Waals surface area contributed by atoms with Gasteiger partial charge in [-0.2, -0.15) is 0 Å². The summed E-state index contributed by atoms with van der Waals surface area (Å²) in [6.45, 7) is 0. The van der Waals surface area contributed by atoms with Crippen LogP contribution in [-0.4, -0.2) is 4.98 Å². The van der Waals surface area contributed by atoms with Gasteiger partial charge in [0, 0.05) is 11.1 Å². The zero-order valence-electron chi connectivity index (χ0n) is 7.40. The second kappa shape index (κ2) is 4.44. The van der Waals surface area contributed by atoms with Crippen LogP contribution in [0.15, 0.2) is 35.7 Å². The highest BCUT2D eigenvalue weighted by Crippen LogP contribution is 2.21. The smallest absolute Gasteiger partial charge is 0.187 e. The van der Waals surface area contributed by atoms with E-state index in [1.807, 2.05) is 35.7 Å². The molecule has 0 spiro atoms. The molecular weight excluding hydrogens is 216 g/mol. The summed E-state index contributed by atoms with van der Waals surface area (Å²) in [5, 5.41) is 6.05. The summed E-state index contributed by atoms with van der Waals surface area (Å²) in [6, 6.07) is 9.96. The number of para-hydroxylation sites is 1. The minimum atomic E-state index is 0.465. The van der Waals surface area contributed by atoms with Crippen molar-refractivity contribution in [2.75, 3.05) is 5.32 Å². The zero-order valence-corrected chi connectivity index (χ0v) is 8.98. The van der Waals surface area contributed by atoms with Gasteiger partial charge in [0.1, 0.15) is 0 Å². The number of thiazole rings is 1. The molecule has 0 aliphatic heterocycles. The number of halogens is 1. The average Bonchev–Trinajstić information content (AvgIpc) is 2.67. The molecule has 1 aromatic carbocycles. The van der Waals surface area contributed by atoms with Crippen LogP contribution in [0.3, 0.4) is 0 Å². The Balaban J connectivity index is 2.11. The lowest BCUT2D eigenvalue weighted by Gasteiger charge is -2.00. The monoisotopic (exact) mass is 224 g/mol. The molecule has 0 aliphatic rings. The van der Waals surface area contributed by atoms with Gasteiger partial charge in [-0.25, -0.2) is 4.98 Å². The topological polar surface area (TPSA) is 24.9 Å². The molecular formula is C10H9ClN2S. The maximum absolute atomic E-state index is 5.66. The Morgan fingerprint density at radius 2 is 2.07 bits per heavy atom. The molecule has 14 heavy (non-hydrogen) atoms. The summed E-state index contributed by atoms with van der Waals surface area (Å²) < 4.78 is 0. The van der Waals surface area contributed by atoms with Gasteiger partial charge in [-0.3, -0.25) is 0 Å². The Labute approximate surface area is 91.6 Å². The summed E-state index contributed by atoms with van der Waals surface area (Å²) in [7, 11) is 0. The first kappa shape index (κ1) is 9.49. The predicted octanol–water partition coefficient (Wildman–Crippen LogP) is 3.63. The number of hydrogen-bond donors (Lipinski definition) is 1. The first-order chi connectivity index (χ1) is 6.88. The predicted molar refractivity (Wildman–Crippen MR) is 61.4 cm³/mol.